The molecular formula is C17H22. The molecule has 0 N–H and O–H groups in total. The minimum absolute atomic E-state index is 0.453. The van der Waals surface area contributed by atoms with E-state index in [1.807, 2.05) is 0 Å². The molecule has 0 fully saturated rings. The molecule has 0 saturated carbocycles. The van der Waals surface area contributed by atoms with Crippen molar-refractivity contribution < 1.29 is 0 Å². The third-order valence-electron chi connectivity index (χ3n) is 4.69. The molecule has 0 spiro atoms. The molecule has 3 aliphatic rings. The van der Waals surface area contributed by atoms with Gasteiger partial charge in [0.1, 0.15) is 0 Å². The third kappa shape index (κ3) is 1.74. The van der Waals surface area contributed by atoms with Crippen LogP contribution in [-0.4, -0.2) is 0 Å². The van der Waals surface area contributed by atoms with E-state index in [1.165, 1.54) is 31.3 Å². The van der Waals surface area contributed by atoms with Crippen LogP contribution in [0.4, 0.5) is 0 Å². The van der Waals surface area contributed by atoms with Crippen molar-refractivity contribution >= 4 is 0 Å². The van der Waals surface area contributed by atoms with Crippen LogP contribution in [0.2, 0.25) is 0 Å². The van der Waals surface area contributed by atoms with Gasteiger partial charge in [0.25, 0.3) is 0 Å². The Morgan fingerprint density at radius 3 is 2.47 bits per heavy atom. The molecule has 0 heterocycles. The SMILES string of the molecule is CC1=CCC=C1CCC1=C2CC=C1CC2(C)C. The van der Waals surface area contributed by atoms with E-state index in [1.54, 1.807) is 22.3 Å². The van der Waals surface area contributed by atoms with E-state index >= 15 is 0 Å². The fourth-order valence-corrected chi connectivity index (χ4v) is 3.65. The lowest BCUT2D eigenvalue weighted by atomic mass is 9.81. The number of fused-ring (bicyclic) bond motifs is 1. The van der Waals surface area contributed by atoms with Crippen LogP contribution in [0.3, 0.4) is 0 Å². The summed E-state index contributed by atoms with van der Waals surface area (Å²) in [7, 11) is 0. The first-order chi connectivity index (χ1) is 8.08. The summed E-state index contributed by atoms with van der Waals surface area (Å²) < 4.78 is 0. The van der Waals surface area contributed by atoms with Crippen LogP contribution in [0.1, 0.15) is 52.9 Å². The van der Waals surface area contributed by atoms with Crippen LogP contribution in [0.15, 0.2) is 46.1 Å². The van der Waals surface area contributed by atoms with E-state index in [0.29, 0.717) is 5.41 Å². The van der Waals surface area contributed by atoms with Gasteiger partial charge in [-0.15, -0.1) is 0 Å². The van der Waals surface area contributed by atoms with Gasteiger partial charge in [-0.3, -0.25) is 0 Å². The van der Waals surface area contributed by atoms with Crippen molar-refractivity contribution in [2.45, 2.75) is 52.9 Å². The molecule has 3 rings (SSSR count). The maximum absolute atomic E-state index is 2.46. The molecule has 0 aromatic rings. The second-order valence-corrected chi connectivity index (χ2v) is 6.30. The first-order valence-electron chi connectivity index (χ1n) is 6.86. The number of hydrogen-bond acceptors (Lipinski definition) is 0. The molecule has 90 valence electrons. The van der Waals surface area contributed by atoms with Crippen LogP contribution in [0.5, 0.6) is 0 Å². The van der Waals surface area contributed by atoms with E-state index in [-0.39, 0.29) is 0 Å². The Balaban J connectivity index is 1.73. The summed E-state index contributed by atoms with van der Waals surface area (Å²) in [6, 6.07) is 0. The minimum Gasteiger partial charge on any atom is -0.0775 e. The standard InChI is InChI=1S/C17H22/c1-12-5-4-6-13(12)7-9-15-14-8-10-16(15)17(2,3)11-14/h5-6,8H,4,7,9-11H2,1-3H3. The lowest BCUT2D eigenvalue weighted by Crippen LogP contribution is -2.11. The van der Waals surface area contributed by atoms with Gasteiger partial charge in [0.2, 0.25) is 0 Å². The second-order valence-electron chi connectivity index (χ2n) is 6.30. The average Bonchev–Trinajstić information content (AvgIpc) is 2.87. The van der Waals surface area contributed by atoms with Crippen LogP contribution < -0.4 is 0 Å². The lowest BCUT2D eigenvalue weighted by molar-refractivity contribution is 0.448. The zero-order valence-electron chi connectivity index (χ0n) is 11.3. The molecule has 0 aromatic carbocycles. The molecule has 0 heteroatoms. The molecule has 3 aliphatic carbocycles. The van der Waals surface area contributed by atoms with E-state index in [0.717, 1.165) is 6.42 Å². The van der Waals surface area contributed by atoms with Gasteiger partial charge in [0.05, 0.1) is 0 Å². The Morgan fingerprint density at radius 2 is 1.94 bits per heavy atom. The van der Waals surface area contributed by atoms with E-state index in [4.69, 9.17) is 0 Å². The molecule has 0 unspecified atom stereocenters. The zero-order valence-corrected chi connectivity index (χ0v) is 11.3. The largest absolute Gasteiger partial charge is 0.0775 e. The molecule has 17 heavy (non-hydrogen) atoms. The fraction of sp³-hybridized carbons (Fsp3) is 0.529. The van der Waals surface area contributed by atoms with Gasteiger partial charge >= 0.3 is 0 Å². The lowest BCUT2D eigenvalue weighted by Gasteiger charge is -2.23. The highest BCUT2D eigenvalue weighted by Gasteiger charge is 2.37. The van der Waals surface area contributed by atoms with Crippen molar-refractivity contribution in [2.24, 2.45) is 5.41 Å². The van der Waals surface area contributed by atoms with Gasteiger partial charge in [-0.25, -0.2) is 0 Å². The number of hydrogen-bond donors (Lipinski definition) is 0. The Hall–Kier alpha value is -1.04. The molecule has 0 radical (unpaired) electrons. The molecular weight excluding hydrogens is 204 g/mol. The quantitative estimate of drug-likeness (QED) is 0.628. The predicted octanol–water partition coefficient (Wildman–Crippen LogP) is 5.10. The van der Waals surface area contributed by atoms with Gasteiger partial charge in [-0.05, 0) is 61.2 Å². The van der Waals surface area contributed by atoms with Gasteiger partial charge < -0.3 is 0 Å². The zero-order chi connectivity index (χ0) is 12.0. The highest BCUT2D eigenvalue weighted by molar-refractivity contribution is 5.52. The summed E-state index contributed by atoms with van der Waals surface area (Å²) >= 11 is 0. The molecule has 0 aromatic heterocycles. The molecule has 0 atom stereocenters. The van der Waals surface area contributed by atoms with E-state index in [2.05, 4.69) is 39.0 Å². The summed E-state index contributed by atoms with van der Waals surface area (Å²) in [5.41, 5.74) is 8.64. The van der Waals surface area contributed by atoms with Crippen molar-refractivity contribution in [2.75, 3.05) is 0 Å². The summed E-state index contributed by atoms with van der Waals surface area (Å²) in [4.78, 5) is 0. The highest BCUT2D eigenvalue weighted by Crippen LogP contribution is 2.53. The van der Waals surface area contributed by atoms with Gasteiger partial charge in [0, 0.05) is 0 Å². The first kappa shape index (κ1) is 11.1. The van der Waals surface area contributed by atoms with Crippen molar-refractivity contribution in [1.82, 2.24) is 0 Å². The average molecular weight is 226 g/mol. The predicted molar refractivity (Wildman–Crippen MR) is 73.8 cm³/mol. The molecule has 2 bridgehead atoms. The summed E-state index contributed by atoms with van der Waals surface area (Å²) in [5, 5.41) is 0. The van der Waals surface area contributed by atoms with Gasteiger partial charge in [-0.1, -0.05) is 43.2 Å². The first-order valence-corrected chi connectivity index (χ1v) is 6.86. The molecule has 0 amide bonds. The number of allylic oxidation sites excluding steroid dienone is 8. The van der Waals surface area contributed by atoms with Crippen molar-refractivity contribution in [3.8, 4) is 0 Å². The Morgan fingerprint density at radius 1 is 1.12 bits per heavy atom. The molecule has 0 aliphatic heterocycles. The van der Waals surface area contributed by atoms with Crippen LogP contribution in [0, 0.1) is 5.41 Å². The van der Waals surface area contributed by atoms with E-state index < -0.39 is 0 Å². The van der Waals surface area contributed by atoms with Gasteiger partial charge in [0.15, 0.2) is 0 Å². The Bertz CT molecular complexity index is 478. The molecule has 0 saturated heterocycles. The third-order valence-corrected chi connectivity index (χ3v) is 4.69. The maximum Gasteiger partial charge on any atom is -0.00953 e. The summed E-state index contributed by atoms with van der Waals surface area (Å²) in [6.45, 7) is 7.06. The van der Waals surface area contributed by atoms with Crippen molar-refractivity contribution in [3.05, 3.63) is 46.1 Å². The fourth-order valence-electron chi connectivity index (χ4n) is 3.65. The number of rotatable bonds is 3. The summed E-state index contributed by atoms with van der Waals surface area (Å²) in [5.74, 6) is 0. The van der Waals surface area contributed by atoms with Crippen molar-refractivity contribution in [1.29, 1.82) is 0 Å². The Labute approximate surface area is 105 Å². The smallest absolute Gasteiger partial charge is 0.00953 e. The summed E-state index contributed by atoms with van der Waals surface area (Å²) in [6.07, 6.45) is 13.4. The van der Waals surface area contributed by atoms with Gasteiger partial charge in [-0.2, -0.15) is 0 Å². The van der Waals surface area contributed by atoms with Crippen LogP contribution in [-0.2, 0) is 0 Å². The second kappa shape index (κ2) is 3.73. The topological polar surface area (TPSA) is 0 Å². The Kier molecular flexibility index (Phi) is 2.43. The monoisotopic (exact) mass is 226 g/mol. The van der Waals surface area contributed by atoms with Crippen LogP contribution >= 0.6 is 0 Å². The maximum atomic E-state index is 2.46. The van der Waals surface area contributed by atoms with Crippen LogP contribution in [0.25, 0.3) is 0 Å². The van der Waals surface area contributed by atoms with Crippen molar-refractivity contribution in [3.63, 3.8) is 0 Å². The highest BCUT2D eigenvalue weighted by atomic mass is 14.4. The van der Waals surface area contributed by atoms with E-state index in [9.17, 15) is 0 Å². The normalized spacial score (nSPS) is 25.2. The minimum atomic E-state index is 0.453. The molecule has 0 nitrogen and oxygen atoms in total.